The molecule has 1 aliphatic rings. The number of ether oxygens (including phenoxy) is 2. The fourth-order valence-corrected chi connectivity index (χ4v) is 2.01. The minimum atomic E-state index is -0.906. The summed E-state index contributed by atoms with van der Waals surface area (Å²) in [5.41, 5.74) is 0. The number of hydrogen-bond donors (Lipinski definition) is 1. The molecule has 1 aromatic heterocycles. The van der Waals surface area contributed by atoms with E-state index in [4.69, 9.17) is 14.6 Å². The Morgan fingerprint density at radius 2 is 2.41 bits per heavy atom. The molecule has 17 heavy (non-hydrogen) atoms. The summed E-state index contributed by atoms with van der Waals surface area (Å²) in [6.07, 6.45) is 3.67. The Kier molecular flexibility index (Phi) is 3.96. The van der Waals surface area contributed by atoms with Crippen LogP contribution in [0.15, 0.2) is 22.9 Å². The lowest BCUT2D eigenvalue weighted by Gasteiger charge is -2.12. The van der Waals surface area contributed by atoms with E-state index in [2.05, 4.69) is 20.9 Å². The predicted octanol–water partition coefficient (Wildman–Crippen LogP) is 1.86. The zero-order chi connectivity index (χ0) is 12.3. The summed E-state index contributed by atoms with van der Waals surface area (Å²) in [7, 11) is 0. The lowest BCUT2D eigenvalue weighted by atomic mass is 10.2. The number of aliphatic carboxylic acids is 1. The number of hydrogen-bond acceptors (Lipinski definition) is 4. The van der Waals surface area contributed by atoms with E-state index < -0.39 is 12.1 Å². The molecule has 92 valence electrons. The molecule has 1 saturated heterocycles. The zero-order valence-corrected chi connectivity index (χ0v) is 10.6. The van der Waals surface area contributed by atoms with Crippen LogP contribution in [0, 0.1) is 0 Å². The molecule has 1 N–H and O–H groups in total. The summed E-state index contributed by atoms with van der Waals surface area (Å²) in [5.74, 6) is -0.265. The molecule has 5 nitrogen and oxygen atoms in total. The van der Waals surface area contributed by atoms with Gasteiger partial charge in [-0.15, -0.1) is 0 Å². The van der Waals surface area contributed by atoms with Crippen molar-refractivity contribution < 1.29 is 19.4 Å². The van der Waals surface area contributed by atoms with Crippen LogP contribution in [0.4, 0.5) is 0 Å². The van der Waals surface area contributed by atoms with Crippen LogP contribution in [-0.4, -0.2) is 34.9 Å². The van der Waals surface area contributed by atoms with Crippen LogP contribution in [0.25, 0.3) is 0 Å². The standard InChI is InChI=1S/C11H12BrNO4/c12-7-3-9(5-13-4-7)16-6-8-1-2-10(17-8)11(14)15/h3-5,8,10H,1-2,6H2,(H,14,15). The quantitative estimate of drug-likeness (QED) is 0.919. The highest BCUT2D eigenvalue weighted by atomic mass is 79.9. The monoisotopic (exact) mass is 301 g/mol. The molecule has 0 aromatic carbocycles. The molecule has 1 fully saturated rings. The molecule has 6 heteroatoms. The van der Waals surface area contributed by atoms with E-state index in [0.29, 0.717) is 25.2 Å². The molecule has 0 radical (unpaired) electrons. The van der Waals surface area contributed by atoms with Gasteiger partial charge in [-0.25, -0.2) is 4.79 Å². The molecule has 1 aromatic rings. The fraction of sp³-hybridized carbons (Fsp3) is 0.455. The lowest BCUT2D eigenvalue weighted by molar-refractivity contribution is -0.149. The molecule has 2 rings (SSSR count). The van der Waals surface area contributed by atoms with Crippen molar-refractivity contribution >= 4 is 21.9 Å². The van der Waals surface area contributed by atoms with E-state index in [-0.39, 0.29) is 6.10 Å². The molecule has 0 spiro atoms. The Bertz CT molecular complexity index is 412. The first-order valence-electron chi connectivity index (χ1n) is 5.27. The molecule has 0 aliphatic carbocycles. The van der Waals surface area contributed by atoms with Crippen LogP contribution in [0.1, 0.15) is 12.8 Å². The smallest absolute Gasteiger partial charge is 0.332 e. The van der Waals surface area contributed by atoms with E-state index >= 15 is 0 Å². The van der Waals surface area contributed by atoms with Gasteiger partial charge in [0.2, 0.25) is 0 Å². The number of carboxylic acids is 1. The Morgan fingerprint density at radius 3 is 3.06 bits per heavy atom. The number of carbonyl (C=O) groups is 1. The molecular formula is C11H12BrNO4. The second kappa shape index (κ2) is 5.46. The van der Waals surface area contributed by atoms with Crippen molar-refractivity contribution in [1.29, 1.82) is 0 Å². The number of nitrogens with zero attached hydrogens (tertiary/aromatic N) is 1. The van der Waals surface area contributed by atoms with Crippen molar-refractivity contribution in [3.63, 3.8) is 0 Å². The van der Waals surface area contributed by atoms with Crippen molar-refractivity contribution in [2.45, 2.75) is 25.0 Å². The van der Waals surface area contributed by atoms with Crippen molar-refractivity contribution in [2.24, 2.45) is 0 Å². The first kappa shape index (κ1) is 12.3. The molecule has 0 amide bonds. The van der Waals surface area contributed by atoms with Gasteiger partial charge in [0.25, 0.3) is 0 Å². The Hall–Kier alpha value is -1.14. The maximum atomic E-state index is 10.7. The Labute approximate surface area is 107 Å². The van der Waals surface area contributed by atoms with Crippen LogP contribution in [0.3, 0.4) is 0 Å². The summed E-state index contributed by atoms with van der Waals surface area (Å²) in [4.78, 5) is 14.6. The van der Waals surface area contributed by atoms with Crippen molar-refractivity contribution in [2.75, 3.05) is 6.61 Å². The average molecular weight is 302 g/mol. The second-order valence-corrected chi connectivity index (χ2v) is 4.73. The van der Waals surface area contributed by atoms with Gasteiger partial charge in [-0.3, -0.25) is 4.98 Å². The summed E-state index contributed by atoms with van der Waals surface area (Å²) >= 11 is 3.29. The van der Waals surface area contributed by atoms with Crippen LogP contribution in [0.2, 0.25) is 0 Å². The zero-order valence-electron chi connectivity index (χ0n) is 9.01. The van der Waals surface area contributed by atoms with Gasteiger partial charge in [0, 0.05) is 10.7 Å². The van der Waals surface area contributed by atoms with Gasteiger partial charge in [-0.2, -0.15) is 0 Å². The second-order valence-electron chi connectivity index (χ2n) is 3.81. The number of rotatable bonds is 4. The van der Waals surface area contributed by atoms with E-state index in [1.807, 2.05) is 0 Å². The van der Waals surface area contributed by atoms with Gasteiger partial charge >= 0.3 is 5.97 Å². The molecule has 2 unspecified atom stereocenters. The first-order valence-corrected chi connectivity index (χ1v) is 6.06. The number of carboxylic acid groups (broad SMARTS) is 1. The van der Waals surface area contributed by atoms with Crippen LogP contribution in [0.5, 0.6) is 5.75 Å². The van der Waals surface area contributed by atoms with E-state index in [1.54, 1.807) is 18.5 Å². The van der Waals surface area contributed by atoms with Crippen LogP contribution in [-0.2, 0) is 9.53 Å². The maximum Gasteiger partial charge on any atom is 0.332 e. The van der Waals surface area contributed by atoms with Gasteiger partial charge in [0.15, 0.2) is 6.10 Å². The highest BCUT2D eigenvalue weighted by molar-refractivity contribution is 9.10. The summed E-state index contributed by atoms with van der Waals surface area (Å²) in [6.45, 7) is 0.349. The van der Waals surface area contributed by atoms with Crippen molar-refractivity contribution in [3.8, 4) is 5.75 Å². The highest BCUT2D eigenvalue weighted by Gasteiger charge is 2.30. The first-order chi connectivity index (χ1) is 8.15. The molecule has 0 saturated carbocycles. The van der Waals surface area contributed by atoms with Gasteiger partial charge in [0.1, 0.15) is 12.4 Å². The van der Waals surface area contributed by atoms with Crippen molar-refractivity contribution in [1.82, 2.24) is 4.98 Å². The third-order valence-electron chi connectivity index (χ3n) is 2.50. The summed E-state index contributed by atoms with van der Waals surface area (Å²) in [5, 5.41) is 8.77. The predicted molar refractivity (Wildman–Crippen MR) is 63.0 cm³/mol. The SMILES string of the molecule is O=C(O)C1CCC(COc2cncc(Br)c2)O1. The van der Waals surface area contributed by atoms with Crippen molar-refractivity contribution in [3.05, 3.63) is 22.9 Å². The van der Waals surface area contributed by atoms with Crippen LogP contribution >= 0.6 is 15.9 Å². The van der Waals surface area contributed by atoms with E-state index in [9.17, 15) is 4.79 Å². The summed E-state index contributed by atoms with van der Waals surface area (Å²) in [6, 6.07) is 1.80. The van der Waals surface area contributed by atoms with Crippen LogP contribution < -0.4 is 4.74 Å². The lowest BCUT2D eigenvalue weighted by Crippen LogP contribution is -2.23. The molecular weight excluding hydrogens is 290 g/mol. The Morgan fingerprint density at radius 1 is 1.59 bits per heavy atom. The highest BCUT2D eigenvalue weighted by Crippen LogP contribution is 2.22. The number of pyridine rings is 1. The Balaban J connectivity index is 1.82. The third kappa shape index (κ3) is 3.41. The van der Waals surface area contributed by atoms with Gasteiger partial charge in [-0.1, -0.05) is 0 Å². The third-order valence-corrected chi connectivity index (χ3v) is 2.93. The van der Waals surface area contributed by atoms with Gasteiger partial charge in [0.05, 0.1) is 12.3 Å². The molecule has 2 atom stereocenters. The van der Waals surface area contributed by atoms with Gasteiger partial charge < -0.3 is 14.6 Å². The number of aromatic nitrogens is 1. The molecule has 1 aliphatic heterocycles. The summed E-state index contributed by atoms with van der Waals surface area (Å²) < 4.78 is 11.6. The molecule has 2 heterocycles. The van der Waals surface area contributed by atoms with Gasteiger partial charge in [-0.05, 0) is 34.8 Å². The topological polar surface area (TPSA) is 68.7 Å². The maximum absolute atomic E-state index is 10.7. The normalized spacial score (nSPS) is 23.6. The minimum Gasteiger partial charge on any atom is -0.489 e. The van der Waals surface area contributed by atoms with E-state index in [0.717, 1.165) is 4.47 Å². The molecule has 0 bridgehead atoms. The minimum absolute atomic E-state index is 0.157. The fourth-order valence-electron chi connectivity index (χ4n) is 1.67. The number of halogens is 1. The average Bonchev–Trinajstić information content (AvgIpc) is 2.75. The largest absolute Gasteiger partial charge is 0.489 e. The van der Waals surface area contributed by atoms with E-state index in [1.165, 1.54) is 0 Å².